The predicted molar refractivity (Wildman–Crippen MR) is 43.2 cm³/mol. The summed E-state index contributed by atoms with van der Waals surface area (Å²) in [6.45, 7) is 0.941. The molecule has 2 N–H and O–H groups in total. The SMILES string of the molecule is OC(c1ccccc1)C1CN1. The number of aliphatic hydroxyl groups excluding tert-OH is 1. The molecule has 1 aromatic carbocycles. The molecule has 1 heterocycles. The van der Waals surface area contributed by atoms with E-state index in [9.17, 15) is 5.11 Å². The van der Waals surface area contributed by atoms with Crippen molar-refractivity contribution in [2.45, 2.75) is 12.1 Å². The maximum absolute atomic E-state index is 9.60. The zero-order valence-corrected chi connectivity index (χ0v) is 6.20. The monoisotopic (exact) mass is 149 g/mol. The Morgan fingerprint density at radius 2 is 2.00 bits per heavy atom. The molecular weight excluding hydrogens is 138 g/mol. The van der Waals surface area contributed by atoms with Crippen LogP contribution in [0.3, 0.4) is 0 Å². The van der Waals surface area contributed by atoms with Gasteiger partial charge in [0.2, 0.25) is 0 Å². The second-order valence-electron chi connectivity index (χ2n) is 2.87. The van der Waals surface area contributed by atoms with Gasteiger partial charge in [0, 0.05) is 12.6 Å². The maximum atomic E-state index is 9.60. The molecule has 1 aliphatic rings. The van der Waals surface area contributed by atoms with Crippen molar-refractivity contribution in [2.75, 3.05) is 6.54 Å². The minimum Gasteiger partial charge on any atom is -0.387 e. The second-order valence-corrected chi connectivity index (χ2v) is 2.87. The molecule has 0 spiro atoms. The van der Waals surface area contributed by atoms with Crippen LogP contribution in [0.25, 0.3) is 0 Å². The molecule has 0 radical (unpaired) electrons. The quantitative estimate of drug-likeness (QED) is 0.607. The molecule has 0 saturated carbocycles. The number of hydrogen-bond donors (Lipinski definition) is 2. The molecule has 1 aromatic rings. The molecule has 11 heavy (non-hydrogen) atoms. The summed E-state index contributed by atoms with van der Waals surface area (Å²) in [7, 11) is 0. The Labute approximate surface area is 65.9 Å². The van der Waals surface area contributed by atoms with Gasteiger partial charge in [-0.05, 0) is 5.56 Å². The minimum absolute atomic E-state index is 0.289. The van der Waals surface area contributed by atoms with E-state index in [1.807, 2.05) is 30.3 Å². The molecule has 1 saturated heterocycles. The zero-order valence-electron chi connectivity index (χ0n) is 6.20. The molecule has 1 aliphatic heterocycles. The highest BCUT2D eigenvalue weighted by molar-refractivity contribution is 5.20. The molecule has 58 valence electrons. The average molecular weight is 149 g/mol. The van der Waals surface area contributed by atoms with Gasteiger partial charge in [0.1, 0.15) is 0 Å². The Bertz CT molecular complexity index is 231. The number of rotatable bonds is 2. The Morgan fingerprint density at radius 3 is 2.55 bits per heavy atom. The van der Waals surface area contributed by atoms with E-state index in [-0.39, 0.29) is 12.1 Å². The van der Waals surface area contributed by atoms with E-state index >= 15 is 0 Å². The van der Waals surface area contributed by atoms with Gasteiger partial charge in [-0.3, -0.25) is 0 Å². The smallest absolute Gasteiger partial charge is 0.0955 e. The Hall–Kier alpha value is -0.860. The van der Waals surface area contributed by atoms with Gasteiger partial charge in [-0.1, -0.05) is 30.3 Å². The van der Waals surface area contributed by atoms with Crippen LogP contribution in [0.4, 0.5) is 0 Å². The zero-order chi connectivity index (χ0) is 7.68. The van der Waals surface area contributed by atoms with E-state index in [2.05, 4.69) is 5.32 Å². The molecule has 2 atom stereocenters. The molecule has 2 nitrogen and oxygen atoms in total. The summed E-state index contributed by atoms with van der Waals surface area (Å²) in [5.41, 5.74) is 1.00. The Kier molecular flexibility index (Phi) is 1.64. The van der Waals surface area contributed by atoms with Crippen LogP contribution in [0, 0.1) is 0 Å². The first-order chi connectivity index (χ1) is 5.38. The molecule has 2 heteroatoms. The summed E-state index contributed by atoms with van der Waals surface area (Å²) in [5, 5.41) is 12.7. The van der Waals surface area contributed by atoms with Crippen LogP contribution in [-0.2, 0) is 0 Å². The van der Waals surface area contributed by atoms with Crippen molar-refractivity contribution in [3.8, 4) is 0 Å². The van der Waals surface area contributed by atoms with Crippen molar-refractivity contribution in [2.24, 2.45) is 0 Å². The number of benzene rings is 1. The van der Waals surface area contributed by atoms with Crippen molar-refractivity contribution >= 4 is 0 Å². The second kappa shape index (κ2) is 2.64. The summed E-state index contributed by atoms with van der Waals surface area (Å²) in [6.07, 6.45) is -0.323. The maximum Gasteiger partial charge on any atom is 0.0955 e. The first-order valence-electron chi connectivity index (χ1n) is 3.84. The third kappa shape index (κ3) is 1.42. The molecule has 0 aliphatic carbocycles. The highest BCUT2D eigenvalue weighted by Crippen LogP contribution is 2.20. The number of nitrogens with one attached hydrogen (secondary N) is 1. The Balaban J connectivity index is 2.15. The largest absolute Gasteiger partial charge is 0.387 e. The van der Waals surface area contributed by atoms with Crippen molar-refractivity contribution in [1.82, 2.24) is 5.32 Å². The lowest BCUT2D eigenvalue weighted by atomic mass is 10.1. The van der Waals surface area contributed by atoms with E-state index in [4.69, 9.17) is 0 Å². The molecule has 2 unspecified atom stereocenters. The first kappa shape index (κ1) is 6.83. The lowest BCUT2D eigenvalue weighted by Gasteiger charge is -2.06. The number of aliphatic hydroxyl groups is 1. The molecule has 2 rings (SSSR count). The molecule has 0 amide bonds. The molecule has 1 fully saturated rings. The minimum atomic E-state index is -0.323. The molecule has 0 bridgehead atoms. The molecule has 0 aromatic heterocycles. The van der Waals surface area contributed by atoms with Crippen LogP contribution >= 0.6 is 0 Å². The van der Waals surface area contributed by atoms with E-state index < -0.39 is 0 Å². The summed E-state index contributed by atoms with van der Waals surface area (Å²) in [5.74, 6) is 0. The van der Waals surface area contributed by atoms with Crippen LogP contribution in [0.15, 0.2) is 30.3 Å². The van der Waals surface area contributed by atoms with Crippen LogP contribution in [0.5, 0.6) is 0 Å². The first-order valence-corrected chi connectivity index (χ1v) is 3.84. The van der Waals surface area contributed by atoms with Crippen LogP contribution < -0.4 is 5.32 Å². The third-order valence-electron chi connectivity index (χ3n) is 1.96. The summed E-state index contributed by atoms with van der Waals surface area (Å²) >= 11 is 0. The fraction of sp³-hybridized carbons (Fsp3) is 0.333. The van der Waals surface area contributed by atoms with E-state index in [0.717, 1.165) is 12.1 Å². The fourth-order valence-corrected chi connectivity index (χ4v) is 1.17. The highest BCUT2D eigenvalue weighted by atomic mass is 16.3. The summed E-state index contributed by atoms with van der Waals surface area (Å²) in [6, 6.07) is 10.0. The van der Waals surface area contributed by atoms with Gasteiger partial charge in [-0.15, -0.1) is 0 Å². The number of hydrogen-bond acceptors (Lipinski definition) is 2. The van der Waals surface area contributed by atoms with Crippen LogP contribution in [0.2, 0.25) is 0 Å². The van der Waals surface area contributed by atoms with Crippen molar-refractivity contribution in [3.05, 3.63) is 35.9 Å². The topological polar surface area (TPSA) is 42.2 Å². The van der Waals surface area contributed by atoms with Gasteiger partial charge in [0.25, 0.3) is 0 Å². The summed E-state index contributed by atoms with van der Waals surface area (Å²) < 4.78 is 0. The van der Waals surface area contributed by atoms with Crippen LogP contribution in [0.1, 0.15) is 11.7 Å². The van der Waals surface area contributed by atoms with E-state index in [0.29, 0.717) is 0 Å². The standard InChI is InChI=1S/C9H11NO/c11-9(8-6-10-8)7-4-2-1-3-5-7/h1-5,8-11H,6H2. The Morgan fingerprint density at radius 1 is 1.36 bits per heavy atom. The van der Waals surface area contributed by atoms with Gasteiger partial charge in [-0.25, -0.2) is 0 Å². The van der Waals surface area contributed by atoms with Crippen molar-refractivity contribution < 1.29 is 5.11 Å². The van der Waals surface area contributed by atoms with Gasteiger partial charge in [-0.2, -0.15) is 0 Å². The lowest BCUT2D eigenvalue weighted by molar-refractivity contribution is 0.176. The van der Waals surface area contributed by atoms with Crippen LogP contribution in [-0.4, -0.2) is 17.7 Å². The predicted octanol–water partition coefficient (Wildman–Crippen LogP) is 0.692. The van der Waals surface area contributed by atoms with Crippen molar-refractivity contribution in [3.63, 3.8) is 0 Å². The van der Waals surface area contributed by atoms with Gasteiger partial charge in [0.15, 0.2) is 0 Å². The van der Waals surface area contributed by atoms with E-state index in [1.54, 1.807) is 0 Å². The van der Waals surface area contributed by atoms with Gasteiger partial charge >= 0.3 is 0 Å². The summed E-state index contributed by atoms with van der Waals surface area (Å²) in [4.78, 5) is 0. The fourth-order valence-electron chi connectivity index (χ4n) is 1.17. The van der Waals surface area contributed by atoms with Crippen molar-refractivity contribution in [1.29, 1.82) is 0 Å². The normalized spacial score (nSPS) is 24.6. The van der Waals surface area contributed by atoms with Gasteiger partial charge in [0.05, 0.1) is 6.10 Å². The third-order valence-corrected chi connectivity index (χ3v) is 1.96. The molecular formula is C9H11NO. The highest BCUT2D eigenvalue weighted by Gasteiger charge is 2.29. The lowest BCUT2D eigenvalue weighted by Crippen LogP contribution is -2.07. The van der Waals surface area contributed by atoms with Gasteiger partial charge < -0.3 is 10.4 Å². The van der Waals surface area contributed by atoms with E-state index in [1.165, 1.54) is 0 Å². The average Bonchev–Trinajstić information content (AvgIpc) is 2.87.